The van der Waals surface area contributed by atoms with Gasteiger partial charge in [-0.2, -0.15) is 5.10 Å². The van der Waals surface area contributed by atoms with Crippen LogP contribution in [0.1, 0.15) is 18.7 Å². The first-order valence-electron chi connectivity index (χ1n) is 11.1. The van der Waals surface area contributed by atoms with Crippen LogP contribution >= 0.6 is 0 Å². The number of para-hydroxylation sites is 2. The first-order valence-corrected chi connectivity index (χ1v) is 11.1. The highest BCUT2D eigenvalue weighted by molar-refractivity contribution is 5.78. The maximum atomic E-state index is 5.34. The second kappa shape index (κ2) is 8.96. The third-order valence-corrected chi connectivity index (χ3v) is 6.12. The average molecular weight is 429 g/mol. The second-order valence-corrected chi connectivity index (χ2v) is 8.32. The molecule has 0 bridgehead atoms. The molecule has 5 rings (SSSR count). The first-order chi connectivity index (χ1) is 15.7. The van der Waals surface area contributed by atoms with Gasteiger partial charge in [0, 0.05) is 31.0 Å². The van der Waals surface area contributed by atoms with Crippen molar-refractivity contribution in [2.45, 2.75) is 25.4 Å². The van der Waals surface area contributed by atoms with Gasteiger partial charge in [-0.15, -0.1) is 5.10 Å². The summed E-state index contributed by atoms with van der Waals surface area (Å²) < 4.78 is 7.59. The van der Waals surface area contributed by atoms with Crippen molar-refractivity contribution in [3.63, 3.8) is 0 Å². The lowest BCUT2D eigenvalue weighted by Gasteiger charge is -2.29. The van der Waals surface area contributed by atoms with Crippen molar-refractivity contribution < 1.29 is 4.74 Å². The Bertz CT molecular complexity index is 1170. The van der Waals surface area contributed by atoms with E-state index in [-0.39, 0.29) is 0 Å². The van der Waals surface area contributed by atoms with Crippen molar-refractivity contribution in [1.29, 1.82) is 0 Å². The summed E-state index contributed by atoms with van der Waals surface area (Å²) in [5.41, 5.74) is 3.21. The molecule has 1 unspecified atom stereocenters. The lowest BCUT2D eigenvalue weighted by atomic mass is 10.2. The molecule has 32 heavy (non-hydrogen) atoms. The fraction of sp³-hybridized carbons (Fsp3) is 0.320. The summed E-state index contributed by atoms with van der Waals surface area (Å²) in [4.78, 5) is 9.72. The summed E-state index contributed by atoms with van der Waals surface area (Å²) in [6.07, 6.45) is 4.07. The van der Waals surface area contributed by atoms with Crippen LogP contribution < -0.4 is 9.64 Å². The number of imidazole rings is 1. The SMILES string of the molecule is COc1ccc(-n2c(CN(C)CC3CCCN3c3cccnn3)nc3ccccc32)cc1. The standard InChI is InChI=1S/C25H28N6O/c1-29(17-20-7-6-16-30(20)24-10-5-15-26-28-24)18-25-27-22-8-3-4-9-23(22)31(25)19-11-13-21(32-2)14-12-19/h3-5,8-15,20H,6-7,16-18H2,1-2H3. The number of hydrogen-bond donors (Lipinski definition) is 0. The van der Waals surface area contributed by atoms with Crippen molar-refractivity contribution >= 4 is 16.9 Å². The molecular weight excluding hydrogens is 400 g/mol. The van der Waals surface area contributed by atoms with Crippen LogP contribution in [-0.4, -0.2) is 57.9 Å². The van der Waals surface area contributed by atoms with E-state index in [0.29, 0.717) is 6.04 Å². The van der Waals surface area contributed by atoms with Crippen molar-refractivity contribution in [2.75, 3.05) is 32.1 Å². The van der Waals surface area contributed by atoms with Crippen LogP contribution in [0.5, 0.6) is 5.75 Å². The fourth-order valence-electron chi connectivity index (χ4n) is 4.64. The van der Waals surface area contributed by atoms with Gasteiger partial charge in [-0.25, -0.2) is 4.98 Å². The molecule has 0 aliphatic carbocycles. The summed E-state index contributed by atoms with van der Waals surface area (Å²) in [6, 6.07) is 20.9. The second-order valence-electron chi connectivity index (χ2n) is 8.32. The number of aromatic nitrogens is 4. The van der Waals surface area contributed by atoms with Gasteiger partial charge in [0.25, 0.3) is 0 Å². The predicted molar refractivity (Wildman–Crippen MR) is 126 cm³/mol. The number of hydrogen-bond acceptors (Lipinski definition) is 6. The Kier molecular flexibility index (Phi) is 5.73. The molecule has 1 saturated heterocycles. The summed E-state index contributed by atoms with van der Waals surface area (Å²) in [5, 5.41) is 8.39. The van der Waals surface area contributed by atoms with Crippen molar-refractivity contribution in [1.82, 2.24) is 24.6 Å². The Morgan fingerprint density at radius 1 is 1.06 bits per heavy atom. The van der Waals surface area contributed by atoms with E-state index in [0.717, 1.165) is 60.2 Å². The molecule has 1 aliphatic rings. The van der Waals surface area contributed by atoms with Gasteiger partial charge in [-0.05, 0) is 68.4 Å². The molecule has 3 heterocycles. The minimum absolute atomic E-state index is 0.426. The molecule has 4 aromatic rings. The molecule has 164 valence electrons. The Morgan fingerprint density at radius 3 is 2.69 bits per heavy atom. The number of nitrogens with zero attached hydrogens (tertiary/aromatic N) is 6. The molecule has 2 aromatic carbocycles. The van der Waals surface area contributed by atoms with Gasteiger partial charge < -0.3 is 9.64 Å². The third-order valence-electron chi connectivity index (χ3n) is 6.12. The van der Waals surface area contributed by atoms with Crippen LogP contribution in [0.3, 0.4) is 0 Å². The summed E-state index contributed by atoms with van der Waals surface area (Å²) in [5.74, 6) is 2.85. The van der Waals surface area contributed by atoms with E-state index in [1.165, 1.54) is 6.42 Å². The number of ether oxygens (including phenoxy) is 1. The monoisotopic (exact) mass is 428 g/mol. The molecule has 1 fully saturated rings. The molecule has 7 nitrogen and oxygen atoms in total. The lowest BCUT2D eigenvalue weighted by Crippen LogP contribution is -2.39. The Balaban J connectivity index is 1.40. The van der Waals surface area contributed by atoms with Gasteiger partial charge in [0.1, 0.15) is 11.6 Å². The zero-order valence-electron chi connectivity index (χ0n) is 18.6. The molecular formula is C25H28N6O. The Hall–Kier alpha value is -3.45. The Morgan fingerprint density at radius 2 is 1.91 bits per heavy atom. The van der Waals surface area contributed by atoms with E-state index in [2.05, 4.69) is 68.0 Å². The van der Waals surface area contributed by atoms with Gasteiger partial charge >= 0.3 is 0 Å². The van der Waals surface area contributed by atoms with E-state index in [1.807, 2.05) is 24.3 Å². The summed E-state index contributed by atoms with van der Waals surface area (Å²) in [6.45, 7) is 2.73. The van der Waals surface area contributed by atoms with Crippen LogP contribution in [-0.2, 0) is 6.54 Å². The number of methoxy groups -OCH3 is 1. The molecule has 0 radical (unpaired) electrons. The quantitative estimate of drug-likeness (QED) is 0.445. The molecule has 0 spiro atoms. The van der Waals surface area contributed by atoms with Crippen LogP contribution in [0, 0.1) is 0 Å². The van der Waals surface area contributed by atoms with E-state index in [1.54, 1.807) is 13.3 Å². The van der Waals surface area contributed by atoms with Crippen molar-refractivity contribution in [2.24, 2.45) is 0 Å². The highest BCUT2D eigenvalue weighted by atomic mass is 16.5. The molecule has 0 amide bonds. The van der Waals surface area contributed by atoms with E-state index < -0.39 is 0 Å². The lowest BCUT2D eigenvalue weighted by molar-refractivity contribution is 0.295. The number of likely N-dealkylation sites (N-methyl/N-ethyl adjacent to an activating group) is 1. The third kappa shape index (κ3) is 4.03. The zero-order valence-corrected chi connectivity index (χ0v) is 18.6. The van der Waals surface area contributed by atoms with Gasteiger partial charge in [-0.1, -0.05) is 12.1 Å². The average Bonchev–Trinajstić information content (AvgIpc) is 3.43. The van der Waals surface area contributed by atoms with Crippen LogP contribution in [0.4, 0.5) is 5.82 Å². The van der Waals surface area contributed by atoms with Crippen molar-refractivity contribution in [3.05, 3.63) is 72.7 Å². The number of rotatable bonds is 7. The number of anilines is 1. The van der Waals surface area contributed by atoms with E-state index in [4.69, 9.17) is 9.72 Å². The van der Waals surface area contributed by atoms with E-state index in [9.17, 15) is 0 Å². The first kappa shape index (κ1) is 20.5. The van der Waals surface area contributed by atoms with Crippen LogP contribution in [0.2, 0.25) is 0 Å². The topological polar surface area (TPSA) is 59.3 Å². The normalized spacial score (nSPS) is 16.2. The summed E-state index contributed by atoms with van der Waals surface area (Å²) in [7, 11) is 3.86. The minimum Gasteiger partial charge on any atom is -0.497 e. The molecule has 0 N–H and O–H groups in total. The van der Waals surface area contributed by atoms with Gasteiger partial charge in [0.05, 0.1) is 24.7 Å². The smallest absolute Gasteiger partial charge is 0.151 e. The van der Waals surface area contributed by atoms with Crippen molar-refractivity contribution in [3.8, 4) is 11.4 Å². The van der Waals surface area contributed by atoms with Crippen LogP contribution in [0.25, 0.3) is 16.7 Å². The number of fused-ring (bicyclic) bond motifs is 1. The zero-order chi connectivity index (χ0) is 21.9. The minimum atomic E-state index is 0.426. The maximum Gasteiger partial charge on any atom is 0.151 e. The Labute approximate surface area is 188 Å². The largest absolute Gasteiger partial charge is 0.497 e. The van der Waals surface area contributed by atoms with Gasteiger partial charge in [0.15, 0.2) is 5.82 Å². The summed E-state index contributed by atoms with van der Waals surface area (Å²) >= 11 is 0. The molecule has 1 atom stereocenters. The molecule has 7 heteroatoms. The highest BCUT2D eigenvalue weighted by Crippen LogP contribution is 2.26. The predicted octanol–water partition coefficient (Wildman–Crippen LogP) is 3.92. The molecule has 1 aliphatic heterocycles. The number of benzene rings is 2. The van der Waals surface area contributed by atoms with E-state index >= 15 is 0 Å². The van der Waals surface area contributed by atoms with Gasteiger partial charge in [-0.3, -0.25) is 9.47 Å². The highest BCUT2D eigenvalue weighted by Gasteiger charge is 2.27. The maximum absolute atomic E-state index is 5.34. The molecule has 0 saturated carbocycles. The molecule has 2 aromatic heterocycles. The van der Waals surface area contributed by atoms with Crippen LogP contribution in [0.15, 0.2) is 66.9 Å². The fourth-order valence-corrected chi connectivity index (χ4v) is 4.64. The van der Waals surface area contributed by atoms with Gasteiger partial charge in [0.2, 0.25) is 0 Å².